The summed E-state index contributed by atoms with van der Waals surface area (Å²) in [5.41, 5.74) is 0.0473. The quantitative estimate of drug-likeness (QED) is 0.801. The van der Waals surface area contributed by atoms with Gasteiger partial charge < -0.3 is 19.3 Å². The first kappa shape index (κ1) is 18.2. The predicted octanol–water partition coefficient (Wildman–Crippen LogP) is 0.811. The number of hydrogen-bond donors (Lipinski definition) is 1. The second-order valence-electron chi connectivity index (χ2n) is 5.67. The molecule has 1 N–H and O–H groups in total. The summed E-state index contributed by atoms with van der Waals surface area (Å²) in [4.78, 5) is 11.7. The molecule has 0 aliphatic carbocycles. The zero-order chi connectivity index (χ0) is 18.9. The molecule has 0 saturated carbocycles. The van der Waals surface area contributed by atoms with E-state index in [0.717, 1.165) is 4.31 Å². The molecule has 3 rings (SSSR count). The second kappa shape index (κ2) is 6.96. The van der Waals surface area contributed by atoms with E-state index >= 15 is 0 Å². The monoisotopic (exact) mass is 382 g/mol. The van der Waals surface area contributed by atoms with Crippen LogP contribution in [0.15, 0.2) is 34.4 Å². The number of aliphatic carboxylic acids is 1. The lowest BCUT2D eigenvalue weighted by atomic mass is 10.1. The SMILES string of the molecule is COc1ccc(C2=NS(=O)(=O)N([C@@H]3CCOC3)C(C(=O)O)=C2)cc1OC. The highest BCUT2D eigenvalue weighted by molar-refractivity contribution is 7.88. The first-order valence-electron chi connectivity index (χ1n) is 7.77. The summed E-state index contributed by atoms with van der Waals surface area (Å²) in [5.74, 6) is -0.516. The average molecular weight is 382 g/mol. The summed E-state index contributed by atoms with van der Waals surface area (Å²) in [7, 11) is -1.29. The van der Waals surface area contributed by atoms with E-state index in [1.165, 1.54) is 26.4 Å². The maximum absolute atomic E-state index is 12.7. The highest BCUT2D eigenvalue weighted by Crippen LogP contribution is 2.31. The standard InChI is InChI=1S/C16H18N2O7S/c1-23-14-4-3-10(7-15(14)24-2)12-8-13(16(19)20)18(26(21,22)17-12)11-5-6-25-9-11/h3-4,7-8,11H,5-6,9H2,1-2H3,(H,19,20)/t11-/m1/s1. The zero-order valence-corrected chi connectivity index (χ0v) is 15.0. The first-order chi connectivity index (χ1) is 12.4. The number of methoxy groups -OCH3 is 2. The van der Waals surface area contributed by atoms with Crippen LogP contribution >= 0.6 is 0 Å². The van der Waals surface area contributed by atoms with Gasteiger partial charge in [0, 0.05) is 12.2 Å². The van der Waals surface area contributed by atoms with Crippen LogP contribution in [0.4, 0.5) is 0 Å². The number of carboxylic acid groups (broad SMARTS) is 1. The zero-order valence-electron chi connectivity index (χ0n) is 14.2. The molecule has 0 amide bonds. The van der Waals surface area contributed by atoms with Gasteiger partial charge in [-0.2, -0.15) is 8.42 Å². The van der Waals surface area contributed by atoms with Crippen LogP contribution in [0.2, 0.25) is 0 Å². The van der Waals surface area contributed by atoms with Gasteiger partial charge in [0.25, 0.3) is 0 Å². The third-order valence-electron chi connectivity index (χ3n) is 4.11. The number of carbonyl (C=O) groups is 1. The van der Waals surface area contributed by atoms with Gasteiger partial charge >= 0.3 is 16.2 Å². The third-order valence-corrected chi connectivity index (χ3v) is 5.53. The predicted molar refractivity (Wildman–Crippen MR) is 91.8 cm³/mol. The molecule has 0 spiro atoms. The molecule has 0 bridgehead atoms. The fourth-order valence-corrected chi connectivity index (χ4v) is 4.31. The largest absolute Gasteiger partial charge is 0.493 e. The molecule has 140 valence electrons. The smallest absolute Gasteiger partial charge is 0.353 e. The molecule has 9 nitrogen and oxygen atoms in total. The van der Waals surface area contributed by atoms with Crippen molar-refractivity contribution in [1.29, 1.82) is 0 Å². The Labute approximate surface area is 150 Å². The lowest BCUT2D eigenvalue weighted by Crippen LogP contribution is -2.43. The lowest BCUT2D eigenvalue weighted by molar-refractivity contribution is -0.134. The summed E-state index contributed by atoms with van der Waals surface area (Å²) >= 11 is 0. The average Bonchev–Trinajstić information content (AvgIpc) is 3.13. The number of hydrogen-bond acceptors (Lipinski definition) is 6. The van der Waals surface area contributed by atoms with Crippen LogP contribution in [0.1, 0.15) is 12.0 Å². The Kier molecular flexibility index (Phi) is 4.88. The van der Waals surface area contributed by atoms with E-state index < -0.39 is 22.2 Å². The number of benzene rings is 1. The van der Waals surface area contributed by atoms with Crippen LogP contribution in [0.25, 0.3) is 0 Å². The van der Waals surface area contributed by atoms with E-state index in [1.54, 1.807) is 12.1 Å². The molecule has 1 atom stereocenters. The van der Waals surface area contributed by atoms with Crippen LogP contribution in [-0.2, 0) is 19.7 Å². The summed E-state index contributed by atoms with van der Waals surface area (Å²) in [6.45, 7) is 0.501. The van der Waals surface area contributed by atoms with Gasteiger partial charge in [-0.15, -0.1) is 4.40 Å². The highest BCUT2D eigenvalue weighted by Gasteiger charge is 2.39. The van der Waals surface area contributed by atoms with Crippen molar-refractivity contribution in [2.45, 2.75) is 12.5 Å². The van der Waals surface area contributed by atoms with Crippen LogP contribution in [0.5, 0.6) is 11.5 Å². The van der Waals surface area contributed by atoms with Crippen molar-refractivity contribution in [1.82, 2.24) is 4.31 Å². The number of carboxylic acids is 1. The van der Waals surface area contributed by atoms with Crippen LogP contribution in [-0.4, -0.2) is 63.0 Å². The molecule has 10 heteroatoms. The fraction of sp³-hybridized carbons (Fsp3) is 0.375. The number of ether oxygens (including phenoxy) is 3. The van der Waals surface area contributed by atoms with E-state index in [4.69, 9.17) is 14.2 Å². The van der Waals surface area contributed by atoms with Gasteiger partial charge in [-0.25, -0.2) is 9.10 Å². The summed E-state index contributed by atoms with van der Waals surface area (Å²) in [6.07, 6.45) is 1.65. The van der Waals surface area contributed by atoms with Crippen molar-refractivity contribution in [3.8, 4) is 11.5 Å². The van der Waals surface area contributed by atoms with E-state index in [0.29, 0.717) is 30.1 Å². The second-order valence-corrected chi connectivity index (χ2v) is 7.14. The third kappa shape index (κ3) is 3.25. The Hall–Kier alpha value is -2.59. The topological polar surface area (TPSA) is 115 Å². The molecule has 0 unspecified atom stereocenters. The van der Waals surface area contributed by atoms with E-state index in [2.05, 4.69) is 4.40 Å². The minimum absolute atomic E-state index is 0.0125. The lowest BCUT2D eigenvalue weighted by Gasteiger charge is -2.30. The van der Waals surface area contributed by atoms with Crippen molar-refractivity contribution in [3.05, 3.63) is 35.5 Å². The molecule has 1 aromatic carbocycles. The number of rotatable bonds is 5. The molecule has 0 radical (unpaired) electrons. The molecular weight excluding hydrogens is 364 g/mol. The number of nitrogens with zero attached hydrogens (tertiary/aromatic N) is 2. The van der Waals surface area contributed by atoms with Gasteiger partial charge in [0.15, 0.2) is 11.5 Å². The van der Waals surface area contributed by atoms with Crippen molar-refractivity contribution in [2.75, 3.05) is 27.4 Å². The molecule has 2 aliphatic rings. The summed E-state index contributed by atoms with van der Waals surface area (Å²) in [5, 5.41) is 9.53. The first-order valence-corrected chi connectivity index (χ1v) is 9.16. The van der Waals surface area contributed by atoms with E-state index in [1.807, 2.05) is 0 Å². The molecular formula is C16H18N2O7S. The van der Waals surface area contributed by atoms with Crippen molar-refractivity contribution in [3.63, 3.8) is 0 Å². The van der Waals surface area contributed by atoms with Crippen LogP contribution < -0.4 is 9.47 Å². The van der Waals surface area contributed by atoms with Gasteiger partial charge in [0.2, 0.25) is 0 Å². The summed E-state index contributed by atoms with van der Waals surface area (Å²) in [6, 6.07) is 4.13. The Bertz CT molecular complexity index is 886. The van der Waals surface area contributed by atoms with Gasteiger partial charge in [0.1, 0.15) is 5.70 Å². The van der Waals surface area contributed by atoms with Gasteiger partial charge in [-0.05, 0) is 30.7 Å². The Balaban J connectivity index is 2.08. The minimum Gasteiger partial charge on any atom is -0.493 e. The van der Waals surface area contributed by atoms with Crippen LogP contribution in [0.3, 0.4) is 0 Å². The molecule has 2 aliphatic heterocycles. The molecule has 0 aromatic heterocycles. The van der Waals surface area contributed by atoms with Crippen molar-refractivity contribution < 1.29 is 32.5 Å². The van der Waals surface area contributed by atoms with Crippen molar-refractivity contribution >= 4 is 21.9 Å². The van der Waals surface area contributed by atoms with Crippen molar-refractivity contribution in [2.24, 2.45) is 4.40 Å². The Morgan fingerprint density at radius 1 is 1.31 bits per heavy atom. The minimum atomic E-state index is -4.21. The Morgan fingerprint density at radius 2 is 2.04 bits per heavy atom. The fourth-order valence-electron chi connectivity index (χ4n) is 2.89. The highest BCUT2D eigenvalue weighted by atomic mass is 32.2. The van der Waals surface area contributed by atoms with Gasteiger partial charge in [0.05, 0.1) is 32.6 Å². The normalized spacial score (nSPS) is 21.8. The maximum atomic E-state index is 12.7. The molecule has 1 fully saturated rings. The molecule has 26 heavy (non-hydrogen) atoms. The summed E-state index contributed by atoms with van der Waals surface area (Å²) < 4.78 is 45.5. The maximum Gasteiger partial charge on any atom is 0.353 e. The van der Waals surface area contributed by atoms with Crippen LogP contribution in [0, 0.1) is 0 Å². The molecule has 1 saturated heterocycles. The van der Waals surface area contributed by atoms with Gasteiger partial charge in [-0.3, -0.25) is 0 Å². The van der Waals surface area contributed by atoms with E-state index in [9.17, 15) is 18.3 Å². The number of allylic oxidation sites excluding steroid dienone is 1. The van der Waals surface area contributed by atoms with Gasteiger partial charge in [-0.1, -0.05) is 0 Å². The van der Waals surface area contributed by atoms with E-state index in [-0.39, 0.29) is 18.0 Å². The Morgan fingerprint density at radius 3 is 2.62 bits per heavy atom. The molecule has 1 aromatic rings. The molecule has 2 heterocycles.